The topological polar surface area (TPSA) is 84.9 Å². The third-order valence-corrected chi connectivity index (χ3v) is 3.17. The summed E-state index contributed by atoms with van der Waals surface area (Å²) in [6, 6.07) is 1.15. The molecule has 6 nitrogen and oxygen atoms in total. The van der Waals surface area contributed by atoms with Gasteiger partial charge in [0.05, 0.1) is 19.8 Å². The zero-order valence-electron chi connectivity index (χ0n) is 12.8. The third-order valence-electron chi connectivity index (χ3n) is 3.17. The minimum absolute atomic E-state index is 0.150. The summed E-state index contributed by atoms with van der Waals surface area (Å²) in [5, 5.41) is 11.4. The number of carboxylic acid groups (broad SMARTS) is 1. The predicted molar refractivity (Wildman–Crippen MR) is 77.9 cm³/mol. The molecule has 0 unspecified atom stereocenters. The minimum Gasteiger partial charge on any atom is -0.493 e. The van der Waals surface area contributed by atoms with E-state index in [2.05, 4.69) is 5.32 Å². The number of ether oxygens (including phenoxy) is 2. The Balaban J connectivity index is 2.99. The summed E-state index contributed by atoms with van der Waals surface area (Å²) in [7, 11) is 2.71. The van der Waals surface area contributed by atoms with Gasteiger partial charge >= 0.3 is 5.97 Å². The second kappa shape index (κ2) is 8.21. The number of carbonyl (C=O) groups is 2. The summed E-state index contributed by atoms with van der Waals surface area (Å²) in [5.41, 5.74) is -0.291. The normalized spacial score (nSPS) is 11.6. The van der Waals surface area contributed by atoms with Gasteiger partial charge in [-0.15, -0.1) is 0 Å². The fourth-order valence-electron chi connectivity index (χ4n) is 1.93. The van der Waals surface area contributed by atoms with Crippen LogP contribution in [0.3, 0.4) is 0 Å². The van der Waals surface area contributed by atoms with Crippen molar-refractivity contribution in [2.75, 3.05) is 14.2 Å². The first-order valence-electron chi connectivity index (χ1n) is 6.89. The van der Waals surface area contributed by atoms with Crippen molar-refractivity contribution in [2.45, 2.75) is 32.2 Å². The monoisotopic (exact) mass is 313 g/mol. The molecule has 122 valence electrons. The maximum absolute atomic E-state index is 14.0. The van der Waals surface area contributed by atoms with Gasteiger partial charge in [0.25, 0.3) is 5.91 Å². The summed E-state index contributed by atoms with van der Waals surface area (Å²) in [5.74, 6) is -2.42. The molecule has 0 aromatic heterocycles. The highest BCUT2D eigenvalue weighted by molar-refractivity contribution is 5.97. The zero-order valence-corrected chi connectivity index (χ0v) is 12.8. The van der Waals surface area contributed by atoms with Crippen LogP contribution in [0.15, 0.2) is 12.1 Å². The maximum atomic E-state index is 14.0. The number of carbonyl (C=O) groups excluding carboxylic acids is 1. The zero-order chi connectivity index (χ0) is 16.7. The molecule has 1 amide bonds. The van der Waals surface area contributed by atoms with Gasteiger partial charge in [0.15, 0.2) is 11.5 Å². The van der Waals surface area contributed by atoms with Crippen molar-refractivity contribution in [1.29, 1.82) is 0 Å². The number of rotatable bonds is 8. The third kappa shape index (κ3) is 4.34. The molecule has 0 saturated carbocycles. The SMILES string of the molecule is CCCC[C@H](NC(=O)c1cc(OC)c(OC)cc1F)C(=O)O. The van der Waals surface area contributed by atoms with Crippen molar-refractivity contribution in [3.63, 3.8) is 0 Å². The van der Waals surface area contributed by atoms with Crippen LogP contribution in [0.1, 0.15) is 36.5 Å². The Morgan fingerprint density at radius 2 is 1.86 bits per heavy atom. The van der Waals surface area contributed by atoms with Gasteiger partial charge in [-0.05, 0) is 12.5 Å². The lowest BCUT2D eigenvalue weighted by Crippen LogP contribution is -2.41. The Labute approximate surface area is 128 Å². The van der Waals surface area contributed by atoms with Crippen LogP contribution in [0.5, 0.6) is 11.5 Å². The van der Waals surface area contributed by atoms with E-state index in [0.717, 1.165) is 12.5 Å². The summed E-state index contributed by atoms with van der Waals surface area (Å²) in [6.45, 7) is 1.91. The highest BCUT2D eigenvalue weighted by Crippen LogP contribution is 2.29. The number of methoxy groups -OCH3 is 2. The molecule has 1 rings (SSSR count). The number of amides is 1. The molecule has 0 aliphatic carbocycles. The molecule has 0 aliphatic rings. The van der Waals surface area contributed by atoms with Crippen molar-refractivity contribution in [1.82, 2.24) is 5.32 Å². The molecule has 0 heterocycles. The smallest absolute Gasteiger partial charge is 0.326 e. The molecule has 1 aromatic rings. The average Bonchev–Trinajstić information content (AvgIpc) is 2.50. The van der Waals surface area contributed by atoms with Gasteiger partial charge < -0.3 is 19.9 Å². The molecule has 0 saturated heterocycles. The van der Waals surface area contributed by atoms with Crippen LogP contribution in [0.25, 0.3) is 0 Å². The van der Waals surface area contributed by atoms with Gasteiger partial charge in [-0.25, -0.2) is 9.18 Å². The maximum Gasteiger partial charge on any atom is 0.326 e. The van der Waals surface area contributed by atoms with E-state index in [-0.39, 0.29) is 23.5 Å². The molecular weight excluding hydrogens is 293 g/mol. The van der Waals surface area contributed by atoms with Crippen molar-refractivity contribution in [3.05, 3.63) is 23.5 Å². The minimum atomic E-state index is -1.15. The molecular formula is C15H20FNO5. The van der Waals surface area contributed by atoms with Crippen LogP contribution >= 0.6 is 0 Å². The molecule has 0 bridgehead atoms. The lowest BCUT2D eigenvalue weighted by molar-refractivity contribution is -0.139. The summed E-state index contributed by atoms with van der Waals surface area (Å²) in [4.78, 5) is 23.2. The van der Waals surface area contributed by atoms with Crippen LogP contribution in [0, 0.1) is 5.82 Å². The van der Waals surface area contributed by atoms with Gasteiger partial charge in [-0.1, -0.05) is 19.8 Å². The average molecular weight is 313 g/mol. The second-order valence-corrected chi connectivity index (χ2v) is 4.69. The lowest BCUT2D eigenvalue weighted by atomic mass is 10.1. The van der Waals surface area contributed by atoms with E-state index in [9.17, 15) is 14.0 Å². The Morgan fingerprint density at radius 3 is 2.36 bits per heavy atom. The molecule has 2 N–H and O–H groups in total. The van der Waals surface area contributed by atoms with Crippen LogP contribution < -0.4 is 14.8 Å². The van der Waals surface area contributed by atoms with Crippen molar-refractivity contribution < 1.29 is 28.6 Å². The van der Waals surface area contributed by atoms with Crippen molar-refractivity contribution in [2.24, 2.45) is 0 Å². The van der Waals surface area contributed by atoms with Crippen LogP contribution in [-0.4, -0.2) is 37.2 Å². The standard InChI is InChI=1S/C15H20FNO5/c1-4-5-6-11(15(19)20)17-14(18)9-7-12(21-2)13(22-3)8-10(9)16/h7-8,11H,4-6H2,1-3H3,(H,17,18)(H,19,20)/t11-/m0/s1. The lowest BCUT2D eigenvalue weighted by Gasteiger charge is -2.15. The van der Waals surface area contributed by atoms with Gasteiger partial charge in [-0.2, -0.15) is 0 Å². The molecule has 1 aromatic carbocycles. The van der Waals surface area contributed by atoms with Crippen LogP contribution in [0.2, 0.25) is 0 Å². The van der Waals surface area contributed by atoms with Crippen molar-refractivity contribution in [3.8, 4) is 11.5 Å². The summed E-state index contributed by atoms with van der Waals surface area (Å²) < 4.78 is 23.9. The van der Waals surface area contributed by atoms with E-state index in [4.69, 9.17) is 14.6 Å². The summed E-state index contributed by atoms with van der Waals surface area (Å²) in [6.07, 6.45) is 1.72. The molecule has 0 aliphatic heterocycles. The number of halogens is 1. The Morgan fingerprint density at radius 1 is 1.27 bits per heavy atom. The second-order valence-electron chi connectivity index (χ2n) is 4.69. The van der Waals surface area contributed by atoms with E-state index >= 15 is 0 Å². The molecule has 0 fully saturated rings. The number of aliphatic carboxylic acids is 1. The van der Waals surface area contributed by atoms with Crippen LogP contribution in [-0.2, 0) is 4.79 Å². The number of benzene rings is 1. The number of unbranched alkanes of at least 4 members (excludes halogenated alkanes) is 1. The number of nitrogens with one attached hydrogen (secondary N) is 1. The van der Waals surface area contributed by atoms with Crippen LogP contribution in [0.4, 0.5) is 4.39 Å². The molecule has 7 heteroatoms. The van der Waals surface area contributed by atoms with E-state index in [1.54, 1.807) is 0 Å². The molecule has 22 heavy (non-hydrogen) atoms. The fourth-order valence-corrected chi connectivity index (χ4v) is 1.93. The molecule has 0 spiro atoms. The Kier molecular flexibility index (Phi) is 6.62. The number of hydrogen-bond donors (Lipinski definition) is 2. The van der Waals surface area contributed by atoms with E-state index in [1.807, 2.05) is 6.92 Å². The van der Waals surface area contributed by atoms with E-state index in [0.29, 0.717) is 6.42 Å². The number of hydrogen-bond acceptors (Lipinski definition) is 4. The quantitative estimate of drug-likeness (QED) is 0.768. The molecule has 1 atom stereocenters. The fraction of sp³-hybridized carbons (Fsp3) is 0.467. The largest absolute Gasteiger partial charge is 0.493 e. The van der Waals surface area contributed by atoms with Gasteiger partial charge in [0, 0.05) is 6.07 Å². The Bertz CT molecular complexity index is 547. The first-order valence-corrected chi connectivity index (χ1v) is 6.89. The first-order chi connectivity index (χ1) is 10.4. The highest BCUT2D eigenvalue weighted by atomic mass is 19.1. The van der Waals surface area contributed by atoms with Gasteiger partial charge in [0.1, 0.15) is 11.9 Å². The molecule has 0 radical (unpaired) electrons. The van der Waals surface area contributed by atoms with Gasteiger partial charge in [0.2, 0.25) is 0 Å². The number of carboxylic acids is 1. The van der Waals surface area contributed by atoms with Crippen molar-refractivity contribution >= 4 is 11.9 Å². The Hall–Kier alpha value is -2.31. The van der Waals surface area contributed by atoms with Gasteiger partial charge in [-0.3, -0.25) is 4.79 Å². The first kappa shape index (κ1) is 17.7. The summed E-state index contributed by atoms with van der Waals surface area (Å²) >= 11 is 0. The predicted octanol–water partition coefficient (Wildman–Crippen LogP) is 2.22. The van der Waals surface area contributed by atoms with E-state index in [1.165, 1.54) is 20.3 Å². The highest BCUT2D eigenvalue weighted by Gasteiger charge is 2.23. The van der Waals surface area contributed by atoms with E-state index < -0.39 is 23.7 Å².